The molecule has 0 bridgehead atoms. The van der Waals surface area contributed by atoms with Gasteiger partial charge in [-0.2, -0.15) is 5.10 Å². The fraction of sp³-hybridized carbons (Fsp3) is 0.294. The highest BCUT2D eigenvalue weighted by atomic mass is 16.5. The molecule has 1 fully saturated rings. The van der Waals surface area contributed by atoms with Gasteiger partial charge in [-0.1, -0.05) is 42.0 Å². The molecule has 0 spiro atoms. The molecule has 41 heavy (non-hydrogen) atoms. The third-order valence-corrected chi connectivity index (χ3v) is 7.65. The molecule has 2 heterocycles. The molecule has 1 saturated heterocycles. The first-order chi connectivity index (χ1) is 19.9. The summed E-state index contributed by atoms with van der Waals surface area (Å²) in [5.74, 6) is 1.60. The summed E-state index contributed by atoms with van der Waals surface area (Å²) in [6, 6.07) is 24.1. The van der Waals surface area contributed by atoms with Crippen molar-refractivity contribution >= 4 is 12.0 Å². The smallest absolute Gasteiger partial charge is 0.246 e. The molecule has 1 aliphatic heterocycles. The van der Waals surface area contributed by atoms with E-state index in [0.717, 1.165) is 53.6 Å². The molecule has 5 rings (SSSR count). The summed E-state index contributed by atoms with van der Waals surface area (Å²) in [5.41, 5.74) is 7.60. The van der Waals surface area contributed by atoms with Crippen molar-refractivity contribution in [3.8, 4) is 17.2 Å². The van der Waals surface area contributed by atoms with E-state index < -0.39 is 0 Å². The first kappa shape index (κ1) is 28.2. The van der Waals surface area contributed by atoms with E-state index in [-0.39, 0.29) is 5.91 Å². The Labute approximate surface area is 242 Å². The predicted molar refractivity (Wildman–Crippen MR) is 162 cm³/mol. The molecule has 0 atom stereocenters. The number of piperazine rings is 1. The van der Waals surface area contributed by atoms with Crippen molar-refractivity contribution in [3.63, 3.8) is 0 Å². The third-order valence-electron chi connectivity index (χ3n) is 7.65. The summed E-state index contributed by atoms with van der Waals surface area (Å²) in [7, 11) is 1.65. The number of benzene rings is 3. The van der Waals surface area contributed by atoms with Crippen LogP contribution in [-0.4, -0.2) is 58.8 Å². The first-order valence-corrected chi connectivity index (χ1v) is 14.1. The Hall–Kier alpha value is -4.36. The largest absolute Gasteiger partial charge is 0.496 e. The van der Waals surface area contributed by atoms with Crippen LogP contribution in [0.3, 0.4) is 0 Å². The molecular weight excluding hydrogens is 512 g/mol. The SMILES string of the molecule is COc1ccc(/C=C/C(=O)N2CCN(Cc3c(C)nn(-c4ccccc4)c3C)CC2)cc1COc1ccc(C)cc1. The topological polar surface area (TPSA) is 59.8 Å². The van der Waals surface area contributed by atoms with E-state index in [4.69, 9.17) is 14.6 Å². The Kier molecular flexibility index (Phi) is 8.85. The standard InChI is InChI=1S/C34H38N4O3/c1-25-10-14-31(15-11-25)41-24-29-22-28(12-16-33(29)40-4)13-17-34(39)37-20-18-36(19-21-37)23-32-26(2)35-38(27(32)3)30-8-6-5-7-9-30/h5-17,22H,18-21,23-24H2,1-4H3/b17-13+. The minimum atomic E-state index is 0.0298. The number of nitrogens with zero attached hydrogens (tertiary/aromatic N) is 4. The lowest BCUT2D eigenvalue weighted by atomic mass is 10.1. The van der Waals surface area contributed by atoms with Crippen LogP contribution in [0.5, 0.6) is 11.5 Å². The van der Waals surface area contributed by atoms with Crippen molar-refractivity contribution in [1.82, 2.24) is 19.6 Å². The Morgan fingerprint density at radius 2 is 1.66 bits per heavy atom. The maximum atomic E-state index is 13.0. The van der Waals surface area contributed by atoms with Gasteiger partial charge in [-0.3, -0.25) is 9.69 Å². The van der Waals surface area contributed by atoms with Crippen molar-refractivity contribution in [3.05, 3.63) is 113 Å². The van der Waals surface area contributed by atoms with Crippen LogP contribution >= 0.6 is 0 Å². The summed E-state index contributed by atoms with van der Waals surface area (Å²) >= 11 is 0. The molecule has 1 amide bonds. The number of methoxy groups -OCH3 is 1. The highest BCUT2D eigenvalue weighted by Gasteiger charge is 2.22. The minimum absolute atomic E-state index is 0.0298. The number of hydrogen-bond acceptors (Lipinski definition) is 5. The van der Waals surface area contributed by atoms with E-state index in [9.17, 15) is 4.79 Å². The maximum Gasteiger partial charge on any atom is 0.246 e. The molecule has 0 aliphatic carbocycles. The van der Waals surface area contributed by atoms with Gasteiger partial charge >= 0.3 is 0 Å². The number of hydrogen-bond donors (Lipinski definition) is 0. The number of aromatic nitrogens is 2. The van der Waals surface area contributed by atoms with Crippen molar-refractivity contribution in [2.75, 3.05) is 33.3 Å². The molecule has 0 unspecified atom stereocenters. The minimum Gasteiger partial charge on any atom is -0.496 e. The fourth-order valence-corrected chi connectivity index (χ4v) is 5.16. The van der Waals surface area contributed by atoms with E-state index in [1.54, 1.807) is 13.2 Å². The van der Waals surface area contributed by atoms with Gasteiger partial charge < -0.3 is 14.4 Å². The molecule has 7 heteroatoms. The van der Waals surface area contributed by atoms with Crippen LogP contribution in [0.4, 0.5) is 0 Å². The summed E-state index contributed by atoms with van der Waals surface area (Å²) in [4.78, 5) is 17.3. The second-order valence-corrected chi connectivity index (χ2v) is 10.5. The highest BCUT2D eigenvalue weighted by molar-refractivity contribution is 5.91. The molecule has 1 aromatic heterocycles. The van der Waals surface area contributed by atoms with Crippen LogP contribution in [0.15, 0.2) is 78.9 Å². The summed E-state index contributed by atoms with van der Waals surface area (Å²) in [6.07, 6.45) is 3.54. The van der Waals surface area contributed by atoms with E-state index in [0.29, 0.717) is 19.7 Å². The number of para-hydroxylation sites is 1. The Balaban J connectivity index is 1.16. The van der Waals surface area contributed by atoms with Crippen molar-refractivity contribution in [1.29, 1.82) is 0 Å². The molecule has 0 radical (unpaired) electrons. The molecule has 3 aromatic carbocycles. The number of amides is 1. The van der Waals surface area contributed by atoms with Crippen LogP contribution in [-0.2, 0) is 17.9 Å². The lowest BCUT2D eigenvalue weighted by Gasteiger charge is -2.34. The van der Waals surface area contributed by atoms with Crippen LogP contribution in [0.25, 0.3) is 11.8 Å². The predicted octanol–water partition coefficient (Wildman–Crippen LogP) is 5.74. The molecule has 212 valence electrons. The first-order valence-electron chi connectivity index (χ1n) is 14.1. The second kappa shape index (κ2) is 12.9. The fourth-order valence-electron chi connectivity index (χ4n) is 5.16. The number of carbonyl (C=O) groups is 1. The number of rotatable bonds is 9. The third kappa shape index (κ3) is 6.87. The van der Waals surface area contributed by atoms with Crippen LogP contribution in [0.2, 0.25) is 0 Å². The lowest BCUT2D eigenvalue weighted by molar-refractivity contribution is -0.127. The van der Waals surface area contributed by atoms with Crippen LogP contribution < -0.4 is 9.47 Å². The van der Waals surface area contributed by atoms with Gasteiger partial charge in [0.15, 0.2) is 0 Å². The lowest BCUT2D eigenvalue weighted by Crippen LogP contribution is -2.47. The summed E-state index contributed by atoms with van der Waals surface area (Å²) in [5, 5.41) is 4.79. The average molecular weight is 551 g/mol. The molecule has 4 aromatic rings. The van der Waals surface area contributed by atoms with Gasteiger partial charge in [-0.25, -0.2) is 4.68 Å². The van der Waals surface area contributed by atoms with Crippen molar-refractivity contribution in [2.24, 2.45) is 0 Å². The van der Waals surface area contributed by atoms with Crippen LogP contribution in [0.1, 0.15) is 33.6 Å². The van der Waals surface area contributed by atoms with Gasteiger partial charge in [0, 0.05) is 55.6 Å². The van der Waals surface area contributed by atoms with E-state index in [1.807, 2.05) is 76.3 Å². The Morgan fingerprint density at radius 3 is 2.37 bits per heavy atom. The average Bonchev–Trinajstić information content (AvgIpc) is 3.28. The van der Waals surface area contributed by atoms with Gasteiger partial charge in [0.25, 0.3) is 0 Å². The molecule has 0 N–H and O–H groups in total. The van der Waals surface area contributed by atoms with Crippen molar-refractivity contribution < 1.29 is 14.3 Å². The Bertz CT molecular complexity index is 1500. The molecule has 7 nitrogen and oxygen atoms in total. The molecular formula is C34H38N4O3. The van der Waals surface area contributed by atoms with Gasteiger partial charge in [0.1, 0.15) is 18.1 Å². The van der Waals surface area contributed by atoms with E-state index >= 15 is 0 Å². The normalized spacial score (nSPS) is 14.0. The van der Waals surface area contributed by atoms with Gasteiger partial charge in [0.05, 0.1) is 18.5 Å². The number of aryl methyl sites for hydroxylation is 2. The summed E-state index contributed by atoms with van der Waals surface area (Å²) in [6.45, 7) is 10.5. The highest BCUT2D eigenvalue weighted by Crippen LogP contribution is 2.24. The molecule has 0 saturated carbocycles. The second-order valence-electron chi connectivity index (χ2n) is 10.5. The number of carbonyl (C=O) groups excluding carboxylic acids is 1. The van der Waals surface area contributed by atoms with Crippen molar-refractivity contribution in [2.45, 2.75) is 33.9 Å². The Morgan fingerprint density at radius 1 is 0.927 bits per heavy atom. The zero-order valence-corrected chi connectivity index (χ0v) is 24.3. The monoisotopic (exact) mass is 550 g/mol. The quantitative estimate of drug-likeness (QED) is 0.249. The van der Waals surface area contributed by atoms with Gasteiger partial charge in [-0.05, 0) is 68.8 Å². The van der Waals surface area contributed by atoms with Crippen LogP contribution in [0, 0.1) is 20.8 Å². The van der Waals surface area contributed by atoms with E-state index in [2.05, 4.69) is 37.8 Å². The van der Waals surface area contributed by atoms with Gasteiger partial charge in [0.2, 0.25) is 5.91 Å². The van der Waals surface area contributed by atoms with E-state index in [1.165, 1.54) is 16.8 Å². The van der Waals surface area contributed by atoms with Gasteiger partial charge in [-0.15, -0.1) is 0 Å². The maximum absolute atomic E-state index is 13.0. The summed E-state index contributed by atoms with van der Waals surface area (Å²) < 4.78 is 13.5. The zero-order chi connectivity index (χ0) is 28.8. The number of ether oxygens (including phenoxy) is 2. The molecule has 1 aliphatic rings. The zero-order valence-electron chi connectivity index (χ0n) is 24.3.